The summed E-state index contributed by atoms with van der Waals surface area (Å²) in [4.78, 5) is 27.2. The number of benzene rings is 1. The number of rotatable bonds is 6. The Bertz CT molecular complexity index is 980. The Balaban J connectivity index is 1.52. The lowest BCUT2D eigenvalue weighted by Crippen LogP contribution is -2.46. The van der Waals surface area contributed by atoms with E-state index in [-0.39, 0.29) is 24.2 Å². The largest absolute Gasteiger partial charge is 0.483 e. The van der Waals surface area contributed by atoms with Crippen molar-refractivity contribution in [1.82, 2.24) is 4.90 Å². The molecule has 6 heteroatoms. The molecule has 1 amide bonds. The van der Waals surface area contributed by atoms with Gasteiger partial charge in [-0.25, -0.2) is 4.79 Å². The number of hydrogen-bond acceptors (Lipinski definition) is 5. The molecule has 2 aliphatic rings. The standard InChI is InChI=1S/C24H31NO5/c1-16-21(29-15-22(26)25-13-6-5-7-17(25)12-14-28-2)11-10-19-18-8-3-4-9-20(18)24(27)30-23(16)19/h10-11,17H,3-9,12-15H2,1-2H3. The van der Waals surface area contributed by atoms with Crippen LogP contribution in [0.1, 0.15) is 55.2 Å². The van der Waals surface area contributed by atoms with Crippen LogP contribution >= 0.6 is 0 Å². The van der Waals surface area contributed by atoms with Gasteiger partial charge in [-0.1, -0.05) is 0 Å². The lowest BCUT2D eigenvalue weighted by atomic mass is 9.90. The summed E-state index contributed by atoms with van der Waals surface area (Å²) >= 11 is 0. The van der Waals surface area contributed by atoms with E-state index in [1.54, 1.807) is 7.11 Å². The zero-order chi connectivity index (χ0) is 21.1. The van der Waals surface area contributed by atoms with Crippen molar-refractivity contribution < 1.29 is 18.7 Å². The van der Waals surface area contributed by atoms with Crippen LogP contribution in [0, 0.1) is 6.92 Å². The molecule has 4 rings (SSSR count). The quantitative estimate of drug-likeness (QED) is 0.674. The monoisotopic (exact) mass is 413 g/mol. The van der Waals surface area contributed by atoms with E-state index in [4.69, 9.17) is 13.9 Å². The molecule has 1 unspecified atom stereocenters. The third-order valence-corrected chi connectivity index (χ3v) is 6.54. The average Bonchev–Trinajstić information content (AvgIpc) is 2.78. The molecule has 0 radical (unpaired) electrons. The van der Waals surface area contributed by atoms with E-state index in [9.17, 15) is 9.59 Å². The second kappa shape index (κ2) is 9.21. The highest BCUT2D eigenvalue weighted by Crippen LogP contribution is 2.32. The van der Waals surface area contributed by atoms with Gasteiger partial charge in [-0.05, 0) is 76.0 Å². The molecule has 0 spiro atoms. The van der Waals surface area contributed by atoms with Gasteiger partial charge in [0.2, 0.25) is 0 Å². The number of amides is 1. The van der Waals surface area contributed by atoms with Crippen LogP contribution in [0.4, 0.5) is 0 Å². The van der Waals surface area contributed by atoms with Gasteiger partial charge in [-0.15, -0.1) is 0 Å². The van der Waals surface area contributed by atoms with Crippen LogP contribution in [0.25, 0.3) is 11.0 Å². The molecule has 2 heterocycles. The van der Waals surface area contributed by atoms with E-state index in [0.29, 0.717) is 17.9 Å². The number of piperidine rings is 1. The minimum Gasteiger partial charge on any atom is -0.483 e. The van der Waals surface area contributed by atoms with Crippen molar-refractivity contribution >= 4 is 16.9 Å². The van der Waals surface area contributed by atoms with Crippen LogP contribution in [0.15, 0.2) is 21.3 Å². The molecule has 1 saturated heterocycles. The number of ether oxygens (including phenoxy) is 2. The number of nitrogens with zero attached hydrogens (tertiary/aromatic N) is 1. The maximum Gasteiger partial charge on any atom is 0.339 e. The number of likely N-dealkylation sites (tertiary alicyclic amines) is 1. The number of methoxy groups -OCH3 is 1. The van der Waals surface area contributed by atoms with Gasteiger partial charge in [0, 0.05) is 42.8 Å². The Morgan fingerprint density at radius 3 is 2.77 bits per heavy atom. The summed E-state index contributed by atoms with van der Waals surface area (Å²) < 4.78 is 16.8. The Morgan fingerprint density at radius 1 is 1.17 bits per heavy atom. The van der Waals surface area contributed by atoms with Crippen molar-refractivity contribution in [2.24, 2.45) is 0 Å². The lowest BCUT2D eigenvalue weighted by Gasteiger charge is -2.35. The first-order chi connectivity index (χ1) is 14.6. The lowest BCUT2D eigenvalue weighted by molar-refractivity contribution is -0.137. The molecule has 1 aliphatic carbocycles. The summed E-state index contributed by atoms with van der Waals surface area (Å²) in [5.41, 5.74) is 3.07. The molecule has 6 nitrogen and oxygen atoms in total. The SMILES string of the molecule is COCCC1CCCCN1C(=O)COc1ccc2c3c(c(=O)oc2c1C)CCCC3. The molecule has 0 saturated carbocycles. The van der Waals surface area contributed by atoms with E-state index in [2.05, 4.69) is 0 Å². The Morgan fingerprint density at radius 2 is 1.97 bits per heavy atom. The average molecular weight is 414 g/mol. The van der Waals surface area contributed by atoms with Gasteiger partial charge in [0.05, 0.1) is 0 Å². The fourth-order valence-corrected chi connectivity index (χ4v) is 4.89. The molecule has 30 heavy (non-hydrogen) atoms. The Labute approximate surface area is 177 Å². The summed E-state index contributed by atoms with van der Waals surface area (Å²) in [7, 11) is 1.69. The molecule has 1 aromatic heterocycles. The van der Waals surface area contributed by atoms with Gasteiger partial charge >= 0.3 is 5.63 Å². The number of carbonyl (C=O) groups excluding carboxylic acids is 1. The van der Waals surface area contributed by atoms with Crippen LogP contribution < -0.4 is 10.4 Å². The summed E-state index contributed by atoms with van der Waals surface area (Å²) in [6.07, 6.45) is 7.87. The highest BCUT2D eigenvalue weighted by Gasteiger charge is 2.27. The van der Waals surface area contributed by atoms with Crippen molar-refractivity contribution in [1.29, 1.82) is 0 Å². The second-order valence-corrected chi connectivity index (χ2v) is 8.43. The molecule has 1 aromatic carbocycles. The number of aryl methyl sites for hydroxylation is 2. The Kier molecular flexibility index (Phi) is 6.42. The molecular formula is C24H31NO5. The smallest absolute Gasteiger partial charge is 0.339 e. The van der Waals surface area contributed by atoms with Crippen molar-refractivity contribution in [2.45, 2.75) is 64.3 Å². The third-order valence-electron chi connectivity index (χ3n) is 6.54. The highest BCUT2D eigenvalue weighted by atomic mass is 16.5. The van der Waals surface area contributed by atoms with E-state index < -0.39 is 0 Å². The first kappa shape index (κ1) is 20.9. The molecule has 1 fully saturated rings. The molecule has 0 N–H and O–H groups in total. The molecule has 1 aliphatic heterocycles. The molecule has 162 valence electrons. The normalized spacial score (nSPS) is 19.0. The van der Waals surface area contributed by atoms with E-state index in [1.165, 1.54) is 0 Å². The number of fused-ring (bicyclic) bond motifs is 3. The maximum absolute atomic E-state index is 12.9. The van der Waals surface area contributed by atoms with Gasteiger partial charge in [-0.3, -0.25) is 4.79 Å². The molecule has 1 atom stereocenters. The number of hydrogen-bond donors (Lipinski definition) is 0. The van der Waals surface area contributed by atoms with E-state index in [1.807, 2.05) is 24.0 Å². The minimum atomic E-state index is -0.233. The maximum atomic E-state index is 12.9. The predicted molar refractivity (Wildman–Crippen MR) is 115 cm³/mol. The van der Waals surface area contributed by atoms with Crippen molar-refractivity contribution in [2.75, 3.05) is 26.9 Å². The minimum absolute atomic E-state index is 0.00203. The second-order valence-electron chi connectivity index (χ2n) is 8.43. The zero-order valence-electron chi connectivity index (χ0n) is 18.0. The zero-order valence-corrected chi connectivity index (χ0v) is 18.0. The fourth-order valence-electron chi connectivity index (χ4n) is 4.89. The summed E-state index contributed by atoms with van der Waals surface area (Å²) in [6.45, 7) is 3.31. The Hall–Kier alpha value is -2.34. The van der Waals surface area contributed by atoms with Gasteiger partial charge in [-0.2, -0.15) is 0 Å². The van der Waals surface area contributed by atoms with Gasteiger partial charge in [0.25, 0.3) is 5.91 Å². The van der Waals surface area contributed by atoms with E-state index in [0.717, 1.165) is 80.0 Å². The van der Waals surface area contributed by atoms with Crippen LogP contribution in [-0.4, -0.2) is 43.7 Å². The first-order valence-electron chi connectivity index (χ1n) is 11.1. The summed E-state index contributed by atoms with van der Waals surface area (Å²) in [5, 5.41) is 0.996. The fraction of sp³-hybridized carbons (Fsp3) is 0.583. The van der Waals surface area contributed by atoms with Crippen LogP contribution in [0.2, 0.25) is 0 Å². The van der Waals surface area contributed by atoms with Crippen LogP contribution in [0.3, 0.4) is 0 Å². The van der Waals surface area contributed by atoms with E-state index >= 15 is 0 Å². The predicted octanol–water partition coefficient (Wildman–Crippen LogP) is 3.78. The molecule has 0 bridgehead atoms. The van der Waals surface area contributed by atoms with Gasteiger partial charge in [0.1, 0.15) is 11.3 Å². The topological polar surface area (TPSA) is 69.0 Å². The van der Waals surface area contributed by atoms with Crippen LogP contribution in [0.5, 0.6) is 5.75 Å². The number of carbonyl (C=O) groups is 1. The highest BCUT2D eigenvalue weighted by molar-refractivity contribution is 5.86. The third kappa shape index (κ3) is 4.10. The van der Waals surface area contributed by atoms with Gasteiger partial charge < -0.3 is 18.8 Å². The van der Waals surface area contributed by atoms with Crippen molar-refractivity contribution in [3.63, 3.8) is 0 Å². The van der Waals surface area contributed by atoms with Crippen molar-refractivity contribution in [3.8, 4) is 5.75 Å². The summed E-state index contributed by atoms with van der Waals surface area (Å²) in [5.74, 6) is 0.599. The van der Waals surface area contributed by atoms with Gasteiger partial charge in [0.15, 0.2) is 6.61 Å². The molecular weight excluding hydrogens is 382 g/mol. The van der Waals surface area contributed by atoms with Crippen molar-refractivity contribution in [3.05, 3.63) is 39.2 Å². The first-order valence-corrected chi connectivity index (χ1v) is 11.1. The van der Waals surface area contributed by atoms with Crippen LogP contribution in [-0.2, 0) is 22.4 Å². The molecule has 2 aromatic rings. The summed E-state index contributed by atoms with van der Waals surface area (Å²) in [6, 6.07) is 4.09.